The van der Waals surface area contributed by atoms with Crippen molar-refractivity contribution in [2.75, 3.05) is 24.7 Å². The molecule has 0 amide bonds. The highest BCUT2D eigenvalue weighted by Crippen LogP contribution is 2.30. The van der Waals surface area contributed by atoms with E-state index in [1.807, 2.05) is 12.1 Å². The number of nitrogens with two attached hydrogens (primary N) is 1. The summed E-state index contributed by atoms with van der Waals surface area (Å²) < 4.78 is 6.59. The Bertz CT molecular complexity index is 414. The summed E-state index contributed by atoms with van der Waals surface area (Å²) in [7, 11) is 0. The molecular formula is C13H19BrN2O2. The predicted molar refractivity (Wildman–Crippen MR) is 75.7 cm³/mol. The maximum atomic E-state index is 9.21. The summed E-state index contributed by atoms with van der Waals surface area (Å²) >= 11 is 3.59. The van der Waals surface area contributed by atoms with E-state index in [-0.39, 0.29) is 12.7 Å². The van der Waals surface area contributed by atoms with Crippen LogP contribution in [0.3, 0.4) is 0 Å². The number of hydrogen-bond acceptors (Lipinski definition) is 4. The van der Waals surface area contributed by atoms with E-state index in [9.17, 15) is 5.11 Å². The number of nitrogens with zero attached hydrogens (tertiary/aromatic N) is 1. The smallest absolute Gasteiger partial charge is 0.0981 e. The fourth-order valence-electron chi connectivity index (χ4n) is 2.17. The molecule has 2 unspecified atom stereocenters. The molecule has 3 N–H and O–H groups in total. The third-order valence-corrected chi connectivity index (χ3v) is 3.90. The van der Waals surface area contributed by atoms with Crippen LogP contribution in [0, 0.1) is 0 Å². The molecule has 1 fully saturated rings. The maximum absolute atomic E-state index is 9.21. The van der Waals surface area contributed by atoms with Crippen molar-refractivity contribution in [1.82, 2.24) is 0 Å². The molecule has 5 heteroatoms. The molecule has 2 atom stereocenters. The molecule has 1 saturated heterocycles. The Kier molecular flexibility index (Phi) is 4.61. The Morgan fingerprint density at radius 1 is 1.56 bits per heavy atom. The molecule has 0 saturated carbocycles. The average molecular weight is 315 g/mol. The van der Waals surface area contributed by atoms with E-state index < -0.39 is 0 Å². The first-order valence-electron chi connectivity index (χ1n) is 6.13. The van der Waals surface area contributed by atoms with E-state index in [0.717, 1.165) is 15.7 Å². The molecule has 1 aliphatic rings. The van der Waals surface area contributed by atoms with Crippen LogP contribution in [-0.4, -0.2) is 37.0 Å². The number of morpholine rings is 1. The molecular weight excluding hydrogens is 296 g/mol. The first-order valence-corrected chi connectivity index (χ1v) is 6.92. The van der Waals surface area contributed by atoms with Crippen LogP contribution in [0.1, 0.15) is 12.5 Å². The zero-order chi connectivity index (χ0) is 13.1. The molecule has 0 aromatic heterocycles. The first-order chi connectivity index (χ1) is 8.65. The second-order valence-corrected chi connectivity index (χ2v) is 5.48. The van der Waals surface area contributed by atoms with Gasteiger partial charge in [0.25, 0.3) is 0 Å². The molecule has 1 aliphatic heterocycles. The molecule has 1 aromatic rings. The number of hydrogen-bond donors (Lipinski definition) is 2. The van der Waals surface area contributed by atoms with Gasteiger partial charge in [-0.3, -0.25) is 0 Å². The molecule has 18 heavy (non-hydrogen) atoms. The highest BCUT2D eigenvalue weighted by Gasteiger charge is 2.26. The SMILES string of the molecule is CC1COC(CO)CN1c1ccc(CN)cc1Br. The Morgan fingerprint density at radius 3 is 2.94 bits per heavy atom. The van der Waals surface area contributed by atoms with Gasteiger partial charge in [-0.05, 0) is 40.5 Å². The monoisotopic (exact) mass is 314 g/mol. The van der Waals surface area contributed by atoms with Crippen molar-refractivity contribution >= 4 is 21.6 Å². The van der Waals surface area contributed by atoms with Gasteiger partial charge < -0.3 is 20.5 Å². The zero-order valence-corrected chi connectivity index (χ0v) is 12.1. The van der Waals surface area contributed by atoms with Crippen molar-refractivity contribution in [3.8, 4) is 0 Å². The summed E-state index contributed by atoms with van der Waals surface area (Å²) in [5, 5.41) is 9.21. The number of aliphatic hydroxyl groups excluding tert-OH is 1. The molecule has 2 rings (SSSR count). The molecule has 0 aliphatic carbocycles. The van der Waals surface area contributed by atoms with Gasteiger partial charge in [0.05, 0.1) is 25.0 Å². The van der Waals surface area contributed by atoms with Crippen molar-refractivity contribution in [1.29, 1.82) is 0 Å². The quantitative estimate of drug-likeness (QED) is 0.887. The standard InChI is InChI=1S/C13H19BrN2O2/c1-9-8-18-11(7-17)6-16(9)13-3-2-10(5-15)4-12(13)14/h2-4,9,11,17H,5-8,15H2,1H3. The van der Waals surface area contributed by atoms with Crippen molar-refractivity contribution in [3.63, 3.8) is 0 Å². The Morgan fingerprint density at radius 2 is 2.33 bits per heavy atom. The molecule has 1 heterocycles. The van der Waals surface area contributed by atoms with Crippen LogP contribution in [0.4, 0.5) is 5.69 Å². The van der Waals surface area contributed by atoms with Crippen LogP contribution in [0.25, 0.3) is 0 Å². The average Bonchev–Trinajstić information content (AvgIpc) is 2.39. The summed E-state index contributed by atoms with van der Waals surface area (Å²) in [4.78, 5) is 2.26. The van der Waals surface area contributed by atoms with Crippen LogP contribution in [-0.2, 0) is 11.3 Å². The second-order valence-electron chi connectivity index (χ2n) is 4.63. The normalized spacial score (nSPS) is 24.3. The summed E-state index contributed by atoms with van der Waals surface area (Å²) in [6, 6.07) is 6.46. The molecule has 0 radical (unpaired) electrons. The summed E-state index contributed by atoms with van der Waals surface area (Å²) in [5.41, 5.74) is 7.86. The van der Waals surface area contributed by atoms with Crippen molar-refractivity contribution in [2.45, 2.75) is 25.6 Å². The second kappa shape index (κ2) is 6.02. The largest absolute Gasteiger partial charge is 0.394 e. The van der Waals surface area contributed by atoms with Gasteiger partial charge in [0.15, 0.2) is 0 Å². The summed E-state index contributed by atoms with van der Waals surface area (Å²) in [6.07, 6.45) is -0.109. The van der Waals surface area contributed by atoms with Crippen LogP contribution >= 0.6 is 15.9 Å². The van der Waals surface area contributed by atoms with Gasteiger partial charge in [-0.2, -0.15) is 0 Å². The first kappa shape index (κ1) is 13.8. The lowest BCUT2D eigenvalue weighted by Crippen LogP contribution is -2.49. The fraction of sp³-hybridized carbons (Fsp3) is 0.538. The minimum atomic E-state index is -0.109. The van der Waals surface area contributed by atoms with E-state index >= 15 is 0 Å². The van der Waals surface area contributed by atoms with Gasteiger partial charge in [-0.25, -0.2) is 0 Å². The predicted octanol–water partition coefficient (Wildman–Crippen LogP) is 1.49. The number of aliphatic hydroxyl groups is 1. The van der Waals surface area contributed by atoms with E-state index in [1.54, 1.807) is 0 Å². The number of rotatable bonds is 3. The lowest BCUT2D eigenvalue weighted by Gasteiger charge is -2.39. The molecule has 0 spiro atoms. The van der Waals surface area contributed by atoms with E-state index in [0.29, 0.717) is 25.7 Å². The van der Waals surface area contributed by atoms with Crippen LogP contribution in [0.5, 0.6) is 0 Å². The van der Waals surface area contributed by atoms with E-state index in [1.165, 1.54) is 0 Å². The number of anilines is 1. The van der Waals surface area contributed by atoms with E-state index in [4.69, 9.17) is 10.5 Å². The zero-order valence-electron chi connectivity index (χ0n) is 10.5. The van der Waals surface area contributed by atoms with Gasteiger partial charge in [-0.1, -0.05) is 6.07 Å². The van der Waals surface area contributed by atoms with E-state index in [2.05, 4.69) is 33.8 Å². The minimum absolute atomic E-state index is 0.0573. The maximum Gasteiger partial charge on any atom is 0.0981 e. The third-order valence-electron chi connectivity index (χ3n) is 3.27. The molecule has 100 valence electrons. The molecule has 1 aromatic carbocycles. The number of ether oxygens (including phenoxy) is 1. The highest BCUT2D eigenvalue weighted by molar-refractivity contribution is 9.10. The van der Waals surface area contributed by atoms with Gasteiger partial charge in [0, 0.05) is 23.6 Å². The van der Waals surface area contributed by atoms with Gasteiger partial charge >= 0.3 is 0 Å². The van der Waals surface area contributed by atoms with Crippen LogP contribution < -0.4 is 10.6 Å². The fourth-order valence-corrected chi connectivity index (χ4v) is 2.83. The van der Waals surface area contributed by atoms with Crippen molar-refractivity contribution < 1.29 is 9.84 Å². The Hall–Kier alpha value is -0.620. The van der Waals surface area contributed by atoms with Crippen LogP contribution in [0.2, 0.25) is 0 Å². The van der Waals surface area contributed by atoms with Crippen molar-refractivity contribution in [3.05, 3.63) is 28.2 Å². The van der Waals surface area contributed by atoms with Crippen molar-refractivity contribution in [2.24, 2.45) is 5.73 Å². The summed E-state index contributed by atoms with van der Waals surface area (Å²) in [5.74, 6) is 0. The lowest BCUT2D eigenvalue weighted by atomic mass is 10.1. The van der Waals surface area contributed by atoms with Crippen LogP contribution in [0.15, 0.2) is 22.7 Å². The van der Waals surface area contributed by atoms with Gasteiger partial charge in [-0.15, -0.1) is 0 Å². The molecule has 0 bridgehead atoms. The lowest BCUT2D eigenvalue weighted by molar-refractivity contribution is -0.0103. The minimum Gasteiger partial charge on any atom is -0.394 e. The highest BCUT2D eigenvalue weighted by atomic mass is 79.9. The summed E-state index contributed by atoms with van der Waals surface area (Å²) in [6.45, 7) is 4.06. The molecule has 4 nitrogen and oxygen atoms in total. The van der Waals surface area contributed by atoms with Gasteiger partial charge in [0.2, 0.25) is 0 Å². The Balaban J connectivity index is 2.23. The number of halogens is 1. The third kappa shape index (κ3) is 2.85. The topological polar surface area (TPSA) is 58.7 Å². The Labute approximate surface area is 116 Å². The van der Waals surface area contributed by atoms with Gasteiger partial charge in [0.1, 0.15) is 0 Å². The number of benzene rings is 1.